The lowest BCUT2D eigenvalue weighted by Crippen LogP contribution is -2.60. The lowest BCUT2D eigenvalue weighted by molar-refractivity contribution is 0.109. The van der Waals surface area contributed by atoms with E-state index in [1.54, 1.807) is 0 Å². The summed E-state index contributed by atoms with van der Waals surface area (Å²) in [5, 5.41) is 10.4. The second kappa shape index (κ2) is 6.30. The average Bonchev–Trinajstić information content (AvgIpc) is 2.97. The number of rotatable bonds is 4. The number of piperidine rings is 2. The summed E-state index contributed by atoms with van der Waals surface area (Å²) in [5.41, 5.74) is 1.95. The normalized spacial score (nSPS) is 27.1. The van der Waals surface area contributed by atoms with Crippen molar-refractivity contribution in [1.29, 1.82) is 0 Å². The second-order valence-corrected chi connectivity index (χ2v) is 8.88. The number of hydrogen-bond acceptors (Lipinski definition) is 6. The van der Waals surface area contributed by atoms with Crippen LogP contribution in [-0.2, 0) is 5.41 Å². The molecule has 2 unspecified atom stereocenters. The summed E-state index contributed by atoms with van der Waals surface area (Å²) in [7, 11) is 1.91. The highest BCUT2D eigenvalue weighted by Gasteiger charge is 2.45. The third-order valence-corrected chi connectivity index (χ3v) is 6.48. The number of anilines is 4. The highest BCUT2D eigenvalue weighted by Crippen LogP contribution is 2.47. The van der Waals surface area contributed by atoms with Crippen LogP contribution in [0.15, 0.2) is 24.3 Å². The Morgan fingerprint density at radius 1 is 1.14 bits per heavy atom. The average molecular weight is 382 g/mol. The van der Waals surface area contributed by atoms with Crippen molar-refractivity contribution < 1.29 is 4.39 Å². The smallest absolute Gasteiger partial charge is 0.226 e. The highest BCUT2D eigenvalue weighted by atomic mass is 19.1. The summed E-state index contributed by atoms with van der Waals surface area (Å²) in [6.07, 6.45) is 1.28. The molecular weight excluding hydrogens is 355 g/mol. The summed E-state index contributed by atoms with van der Waals surface area (Å²) >= 11 is 0. The zero-order valence-corrected chi connectivity index (χ0v) is 16.6. The van der Waals surface area contributed by atoms with Gasteiger partial charge in [0.1, 0.15) is 17.5 Å². The SMILES string of the molecule is CNc1nc(NC2C3CNCC2C3)nc2c1C(C)(C)CN2c1ccc(F)cc1. The molecule has 6 nitrogen and oxygen atoms in total. The van der Waals surface area contributed by atoms with Gasteiger partial charge in [0.05, 0.1) is 0 Å². The first-order valence-corrected chi connectivity index (χ1v) is 10.1. The quantitative estimate of drug-likeness (QED) is 0.755. The Kier molecular flexibility index (Phi) is 3.98. The Hall–Kier alpha value is -2.41. The van der Waals surface area contributed by atoms with Gasteiger partial charge in [0, 0.05) is 36.3 Å². The van der Waals surface area contributed by atoms with Crippen LogP contribution in [0, 0.1) is 17.7 Å². The highest BCUT2D eigenvalue weighted by molar-refractivity contribution is 5.75. The van der Waals surface area contributed by atoms with Crippen molar-refractivity contribution in [3.05, 3.63) is 35.6 Å². The molecule has 1 aromatic heterocycles. The molecule has 0 spiro atoms. The fraction of sp³-hybridized carbons (Fsp3) is 0.524. The van der Waals surface area contributed by atoms with Crippen LogP contribution in [0.1, 0.15) is 25.8 Å². The molecular formula is C21H27FN6. The van der Waals surface area contributed by atoms with Crippen molar-refractivity contribution in [3.8, 4) is 0 Å². The van der Waals surface area contributed by atoms with E-state index in [4.69, 9.17) is 9.97 Å². The summed E-state index contributed by atoms with van der Waals surface area (Å²) < 4.78 is 13.4. The van der Waals surface area contributed by atoms with Gasteiger partial charge in [-0.25, -0.2) is 4.39 Å². The molecule has 1 saturated carbocycles. The molecule has 0 radical (unpaired) electrons. The van der Waals surface area contributed by atoms with E-state index in [9.17, 15) is 4.39 Å². The van der Waals surface area contributed by atoms with Crippen LogP contribution in [0.4, 0.5) is 27.7 Å². The molecule has 3 N–H and O–H groups in total. The van der Waals surface area contributed by atoms with E-state index in [1.165, 1.54) is 18.6 Å². The van der Waals surface area contributed by atoms with E-state index in [-0.39, 0.29) is 11.2 Å². The molecule has 1 saturated heterocycles. The Morgan fingerprint density at radius 2 is 1.86 bits per heavy atom. The van der Waals surface area contributed by atoms with Gasteiger partial charge in [-0.2, -0.15) is 9.97 Å². The van der Waals surface area contributed by atoms with E-state index < -0.39 is 0 Å². The minimum atomic E-state index is -0.228. The number of nitrogens with zero attached hydrogens (tertiary/aromatic N) is 3. The van der Waals surface area contributed by atoms with E-state index in [0.717, 1.165) is 42.5 Å². The maximum atomic E-state index is 13.4. The summed E-state index contributed by atoms with van der Waals surface area (Å²) in [6, 6.07) is 7.08. The van der Waals surface area contributed by atoms with Gasteiger partial charge in [0.25, 0.3) is 0 Å². The van der Waals surface area contributed by atoms with Crippen LogP contribution < -0.4 is 20.9 Å². The second-order valence-electron chi connectivity index (χ2n) is 8.88. The van der Waals surface area contributed by atoms with E-state index >= 15 is 0 Å². The molecule has 148 valence electrons. The molecule has 5 rings (SSSR count). The first kappa shape index (κ1) is 17.7. The van der Waals surface area contributed by atoms with Crippen molar-refractivity contribution in [1.82, 2.24) is 15.3 Å². The molecule has 2 bridgehead atoms. The van der Waals surface area contributed by atoms with Crippen LogP contribution in [0.3, 0.4) is 0 Å². The molecule has 2 aliphatic heterocycles. The molecule has 2 atom stereocenters. The number of hydrogen-bond donors (Lipinski definition) is 3. The van der Waals surface area contributed by atoms with Crippen molar-refractivity contribution in [2.24, 2.45) is 11.8 Å². The van der Waals surface area contributed by atoms with Crippen molar-refractivity contribution in [2.45, 2.75) is 31.7 Å². The number of nitrogens with one attached hydrogen (secondary N) is 3. The maximum Gasteiger partial charge on any atom is 0.226 e. The van der Waals surface area contributed by atoms with Gasteiger partial charge in [-0.15, -0.1) is 0 Å². The third kappa shape index (κ3) is 2.71. The number of halogens is 1. The molecule has 0 amide bonds. The lowest BCUT2D eigenvalue weighted by atomic mass is 9.67. The first-order chi connectivity index (χ1) is 13.5. The van der Waals surface area contributed by atoms with Gasteiger partial charge in [-0.3, -0.25) is 0 Å². The van der Waals surface area contributed by atoms with Crippen LogP contribution in [-0.4, -0.2) is 42.7 Å². The Balaban J connectivity index is 1.54. The fourth-order valence-corrected chi connectivity index (χ4v) is 5.03. The summed E-state index contributed by atoms with van der Waals surface area (Å²) in [6.45, 7) is 7.31. The van der Waals surface area contributed by atoms with Gasteiger partial charge < -0.3 is 20.9 Å². The molecule has 3 aliphatic rings. The minimum absolute atomic E-state index is 0.114. The van der Waals surface area contributed by atoms with Crippen LogP contribution in [0.2, 0.25) is 0 Å². The molecule has 1 aliphatic carbocycles. The van der Waals surface area contributed by atoms with E-state index in [2.05, 4.69) is 34.7 Å². The van der Waals surface area contributed by atoms with Crippen molar-refractivity contribution in [3.63, 3.8) is 0 Å². The Morgan fingerprint density at radius 3 is 2.50 bits per heavy atom. The van der Waals surface area contributed by atoms with Crippen LogP contribution in [0.25, 0.3) is 0 Å². The largest absolute Gasteiger partial charge is 0.373 e. The molecule has 2 aromatic rings. The number of aromatic nitrogens is 2. The van der Waals surface area contributed by atoms with Crippen LogP contribution in [0.5, 0.6) is 0 Å². The molecule has 28 heavy (non-hydrogen) atoms. The van der Waals surface area contributed by atoms with Gasteiger partial charge in [0.2, 0.25) is 5.95 Å². The number of benzene rings is 1. The molecule has 3 heterocycles. The standard InChI is InChI=1S/C21H27FN6/c1-21(2)11-28(15-6-4-14(22)5-7-15)19-16(21)18(23-3)26-20(27-19)25-17-12-8-13(17)10-24-9-12/h4-7,12-13,17,24H,8-11H2,1-3H3,(H2,23,25,26,27). The fourth-order valence-electron chi connectivity index (χ4n) is 5.03. The first-order valence-electron chi connectivity index (χ1n) is 10.1. The minimum Gasteiger partial charge on any atom is -0.373 e. The Bertz CT molecular complexity index is 883. The zero-order valence-electron chi connectivity index (χ0n) is 16.6. The van der Waals surface area contributed by atoms with E-state index in [1.807, 2.05) is 19.2 Å². The van der Waals surface area contributed by atoms with Gasteiger partial charge >= 0.3 is 0 Å². The van der Waals surface area contributed by atoms with Gasteiger partial charge in [-0.05, 0) is 55.6 Å². The predicted molar refractivity (Wildman–Crippen MR) is 110 cm³/mol. The topological polar surface area (TPSA) is 65.1 Å². The summed E-state index contributed by atoms with van der Waals surface area (Å²) in [5.74, 6) is 3.52. The van der Waals surface area contributed by atoms with Crippen LogP contribution >= 0.6 is 0 Å². The third-order valence-electron chi connectivity index (χ3n) is 6.48. The maximum absolute atomic E-state index is 13.4. The zero-order chi connectivity index (χ0) is 19.5. The summed E-state index contributed by atoms with van der Waals surface area (Å²) in [4.78, 5) is 11.9. The van der Waals surface area contributed by atoms with Crippen molar-refractivity contribution >= 4 is 23.3 Å². The Labute approximate surface area is 164 Å². The van der Waals surface area contributed by atoms with Gasteiger partial charge in [-0.1, -0.05) is 13.8 Å². The predicted octanol–water partition coefficient (Wildman–Crippen LogP) is 3.11. The molecule has 1 aromatic carbocycles. The van der Waals surface area contributed by atoms with Crippen molar-refractivity contribution in [2.75, 3.05) is 42.2 Å². The monoisotopic (exact) mass is 382 g/mol. The van der Waals surface area contributed by atoms with E-state index in [0.29, 0.717) is 23.8 Å². The van der Waals surface area contributed by atoms with Gasteiger partial charge in [0.15, 0.2) is 0 Å². The number of fused-ring (bicyclic) bond motifs is 3. The molecule has 2 fully saturated rings. The lowest BCUT2D eigenvalue weighted by Gasteiger charge is -2.49. The molecule has 7 heteroatoms.